The van der Waals surface area contributed by atoms with Crippen LogP contribution in [0.1, 0.15) is 65.7 Å². The van der Waals surface area contributed by atoms with Gasteiger partial charge in [-0.05, 0) is 37.5 Å². The molecule has 1 aliphatic carbocycles. The summed E-state index contributed by atoms with van der Waals surface area (Å²) >= 11 is 21.1. The molecule has 150 valence electrons. The monoisotopic (exact) mass is 488 g/mol. The van der Waals surface area contributed by atoms with Crippen LogP contribution in [0.25, 0.3) is 0 Å². The Morgan fingerprint density at radius 3 is 2.62 bits per heavy atom. The van der Waals surface area contributed by atoms with Crippen molar-refractivity contribution >= 4 is 56.7 Å². The van der Waals surface area contributed by atoms with E-state index >= 15 is 0 Å². The highest BCUT2D eigenvalue weighted by atomic mass is 79.9. The van der Waals surface area contributed by atoms with E-state index in [4.69, 9.17) is 44.3 Å². The van der Waals surface area contributed by atoms with Gasteiger partial charge in [-0.3, -0.25) is 0 Å². The van der Waals surface area contributed by atoms with Crippen molar-refractivity contribution in [1.29, 1.82) is 0 Å². The molecule has 26 heavy (non-hydrogen) atoms. The first-order valence-corrected chi connectivity index (χ1v) is 11.4. The first kappa shape index (κ1) is 22.6. The summed E-state index contributed by atoms with van der Waals surface area (Å²) in [5.74, 6) is 0.717. The lowest BCUT2D eigenvalue weighted by atomic mass is 9.72. The van der Waals surface area contributed by atoms with Crippen LogP contribution < -0.4 is 0 Å². The Kier molecular flexibility index (Phi) is 8.05. The van der Waals surface area contributed by atoms with Gasteiger partial charge in [0.25, 0.3) is 5.79 Å². The molecule has 2 aliphatic rings. The number of halogens is 4. The molecule has 0 N–H and O–H groups in total. The third-order valence-electron chi connectivity index (χ3n) is 5.22. The average Bonchev–Trinajstić information content (AvgIpc) is 2.43. The second-order valence-corrected chi connectivity index (χ2v) is 11.8. The van der Waals surface area contributed by atoms with Gasteiger partial charge in [-0.2, -0.15) is 0 Å². The third-order valence-corrected chi connectivity index (χ3v) is 6.47. The zero-order chi connectivity index (χ0) is 19.5. The maximum Gasteiger partial charge on any atom is 0.337 e. The van der Waals surface area contributed by atoms with Gasteiger partial charge in [0.1, 0.15) is 5.76 Å². The molecular formula is C19H28BrCl3O3. The van der Waals surface area contributed by atoms with E-state index in [1.54, 1.807) is 0 Å². The van der Waals surface area contributed by atoms with Crippen LogP contribution in [0.3, 0.4) is 0 Å². The van der Waals surface area contributed by atoms with Crippen LogP contribution in [-0.2, 0) is 14.3 Å². The molecule has 0 aromatic heterocycles. The molecule has 0 amide bonds. The molecule has 4 atom stereocenters. The highest BCUT2D eigenvalue weighted by Crippen LogP contribution is 2.47. The SMILES string of the molecule is CC(C)[C@@H]1CC[C@@H](C)C[C@]12OC(=O)C=C(CCC[C@H](Br)CC(Cl)(Cl)Cl)O2. The summed E-state index contributed by atoms with van der Waals surface area (Å²) < 4.78 is 10.9. The highest BCUT2D eigenvalue weighted by molar-refractivity contribution is 9.09. The van der Waals surface area contributed by atoms with Crippen LogP contribution in [0, 0.1) is 17.8 Å². The number of alkyl halides is 4. The van der Waals surface area contributed by atoms with E-state index in [1.165, 1.54) is 6.08 Å². The van der Waals surface area contributed by atoms with E-state index in [2.05, 4.69) is 36.7 Å². The fourth-order valence-electron chi connectivity index (χ4n) is 4.08. The van der Waals surface area contributed by atoms with Gasteiger partial charge in [0.15, 0.2) is 3.79 Å². The van der Waals surface area contributed by atoms with E-state index in [0.717, 1.165) is 37.9 Å². The fraction of sp³-hybridized carbons (Fsp3) is 0.842. The molecule has 0 aromatic carbocycles. The van der Waals surface area contributed by atoms with Crippen LogP contribution in [0.2, 0.25) is 0 Å². The van der Waals surface area contributed by atoms with E-state index in [-0.39, 0.29) is 16.7 Å². The number of allylic oxidation sites excluding steroid dienone is 1. The normalized spacial score (nSPS) is 30.8. The second kappa shape index (κ2) is 9.24. The molecule has 1 heterocycles. The van der Waals surface area contributed by atoms with Crippen molar-refractivity contribution in [2.75, 3.05) is 0 Å². The summed E-state index contributed by atoms with van der Waals surface area (Å²) in [7, 11) is 0. The van der Waals surface area contributed by atoms with Gasteiger partial charge < -0.3 is 9.47 Å². The van der Waals surface area contributed by atoms with Crippen LogP contribution in [0.5, 0.6) is 0 Å². The Bertz CT molecular complexity index is 533. The Hall–Kier alpha value is 0.360. The molecule has 0 unspecified atom stereocenters. The van der Waals surface area contributed by atoms with Crippen molar-refractivity contribution in [2.45, 2.75) is 80.1 Å². The van der Waals surface area contributed by atoms with Crippen LogP contribution in [-0.4, -0.2) is 20.4 Å². The molecule has 1 aliphatic heterocycles. The lowest BCUT2D eigenvalue weighted by Crippen LogP contribution is -2.52. The van der Waals surface area contributed by atoms with E-state index in [1.807, 2.05) is 0 Å². The lowest BCUT2D eigenvalue weighted by Gasteiger charge is -2.48. The van der Waals surface area contributed by atoms with Gasteiger partial charge in [0.05, 0.1) is 6.08 Å². The fourth-order valence-corrected chi connectivity index (χ4v) is 6.00. The summed E-state index contributed by atoms with van der Waals surface area (Å²) in [5.41, 5.74) is 0. The van der Waals surface area contributed by atoms with Crippen molar-refractivity contribution in [3.63, 3.8) is 0 Å². The number of carbonyl (C=O) groups excluding carboxylic acids is 1. The molecule has 0 aromatic rings. The molecule has 0 bridgehead atoms. The Morgan fingerprint density at radius 1 is 1.31 bits per heavy atom. The summed E-state index contributed by atoms with van der Waals surface area (Å²) in [4.78, 5) is 12.4. The van der Waals surface area contributed by atoms with Gasteiger partial charge >= 0.3 is 5.97 Å². The summed E-state index contributed by atoms with van der Waals surface area (Å²) in [6.07, 6.45) is 7.20. The summed E-state index contributed by atoms with van der Waals surface area (Å²) in [6, 6.07) is 0. The predicted octanol–water partition coefficient (Wildman–Crippen LogP) is 6.93. The van der Waals surface area contributed by atoms with E-state index in [0.29, 0.717) is 24.7 Å². The number of rotatable bonds is 6. The number of hydrogen-bond acceptors (Lipinski definition) is 3. The van der Waals surface area contributed by atoms with Crippen molar-refractivity contribution in [3.8, 4) is 0 Å². The van der Waals surface area contributed by atoms with Crippen molar-refractivity contribution in [2.24, 2.45) is 17.8 Å². The topological polar surface area (TPSA) is 35.5 Å². The third kappa shape index (κ3) is 6.46. The minimum Gasteiger partial charge on any atom is -0.456 e. The van der Waals surface area contributed by atoms with Gasteiger partial charge in [-0.25, -0.2) is 4.79 Å². The predicted molar refractivity (Wildman–Crippen MR) is 111 cm³/mol. The smallest absolute Gasteiger partial charge is 0.337 e. The van der Waals surface area contributed by atoms with Crippen LogP contribution in [0.4, 0.5) is 0 Å². The summed E-state index contributed by atoms with van der Waals surface area (Å²) in [6.45, 7) is 6.53. The molecule has 2 rings (SSSR count). The Morgan fingerprint density at radius 2 is 2.00 bits per heavy atom. The maximum atomic E-state index is 12.3. The van der Waals surface area contributed by atoms with Crippen molar-refractivity contribution in [3.05, 3.63) is 11.8 Å². The molecule has 3 nitrogen and oxygen atoms in total. The molecule has 1 saturated carbocycles. The number of esters is 1. The van der Waals surface area contributed by atoms with Gasteiger partial charge in [-0.1, -0.05) is 71.5 Å². The van der Waals surface area contributed by atoms with Gasteiger partial charge in [0.2, 0.25) is 0 Å². The standard InChI is InChI=1S/C19H28BrCl3O3/c1-12(2)16-8-7-13(3)10-18(16)25-15(9-17(24)26-18)6-4-5-14(20)11-19(21,22)23/h9,12-14,16H,4-8,10-11H2,1-3H3/t13-,14+,16+,18+/m1/s1. The zero-order valence-corrected chi connectivity index (χ0v) is 19.4. The molecule has 7 heteroatoms. The summed E-state index contributed by atoms with van der Waals surface area (Å²) in [5, 5.41) is 0. The minimum absolute atomic E-state index is 0.109. The molecule has 1 spiro atoms. The largest absolute Gasteiger partial charge is 0.456 e. The second-order valence-electron chi connectivity index (χ2n) is 7.99. The van der Waals surface area contributed by atoms with E-state index < -0.39 is 9.58 Å². The van der Waals surface area contributed by atoms with Crippen molar-refractivity contribution < 1.29 is 14.3 Å². The average molecular weight is 491 g/mol. The number of hydrogen-bond donors (Lipinski definition) is 0. The molecule has 0 saturated heterocycles. The molecule has 1 fully saturated rings. The van der Waals surface area contributed by atoms with Gasteiger partial charge in [0, 0.05) is 30.0 Å². The first-order valence-electron chi connectivity index (χ1n) is 9.34. The first-order chi connectivity index (χ1) is 12.0. The minimum atomic E-state index is -1.26. The quantitative estimate of drug-likeness (QED) is 0.299. The van der Waals surface area contributed by atoms with E-state index in [9.17, 15) is 4.79 Å². The maximum absolute atomic E-state index is 12.3. The lowest BCUT2D eigenvalue weighted by molar-refractivity contribution is -0.269. The zero-order valence-electron chi connectivity index (χ0n) is 15.6. The molecule has 0 radical (unpaired) electrons. The van der Waals surface area contributed by atoms with Crippen molar-refractivity contribution in [1.82, 2.24) is 0 Å². The number of ether oxygens (including phenoxy) is 2. The Labute approximate surface area is 180 Å². The Balaban J connectivity index is 1.99. The van der Waals surface area contributed by atoms with Crippen LogP contribution in [0.15, 0.2) is 11.8 Å². The van der Waals surface area contributed by atoms with Gasteiger partial charge in [-0.15, -0.1) is 0 Å². The van der Waals surface area contributed by atoms with Crippen LogP contribution >= 0.6 is 50.7 Å². The highest BCUT2D eigenvalue weighted by Gasteiger charge is 2.51. The number of carbonyl (C=O) groups is 1. The molecular weight excluding hydrogens is 462 g/mol.